The summed E-state index contributed by atoms with van der Waals surface area (Å²) in [6.45, 7) is 4.29. The molecular weight excluding hydrogens is 391 g/mol. The predicted molar refractivity (Wildman–Crippen MR) is 114 cm³/mol. The molecule has 0 heterocycles. The molecule has 2 aromatic carbocycles. The van der Waals surface area contributed by atoms with Crippen molar-refractivity contribution in [2.24, 2.45) is 0 Å². The number of nitrogens with one attached hydrogen (secondary N) is 1. The second-order valence-corrected chi connectivity index (χ2v) is 7.55. The van der Waals surface area contributed by atoms with Crippen LogP contribution in [0.4, 0.5) is 4.39 Å². The van der Waals surface area contributed by atoms with Crippen molar-refractivity contribution < 1.29 is 18.7 Å². The van der Waals surface area contributed by atoms with Gasteiger partial charge in [0.2, 0.25) is 11.8 Å². The predicted octanol–water partition coefficient (Wildman–Crippen LogP) is 3.62. The fourth-order valence-electron chi connectivity index (χ4n) is 2.75. The van der Waals surface area contributed by atoms with Crippen molar-refractivity contribution in [1.29, 1.82) is 0 Å². The third kappa shape index (κ3) is 7.09. The molecule has 29 heavy (non-hydrogen) atoms. The molecule has 0 spiro atoms. The van der Waals surface area contributed by atoms with E-state index in [1.807, 2.05) is 31.2 Å². The molecule has 0 fully saturated rings. The lowest BCUT2D eigenvalue weighted by Crippen LogP contribution is -2.48. The van der Waals surface area contributed by atoms with Crippen molar-refractivity contribution in [3.63, 3.8) is 0 Å². The number of carbonyl (C=O) groups excluding carboxylic acids is 2. The lowest BCUT2D eigenvalue weighted by atomic mass is 10.1. The molecule has 2 aromatic rings. The molecule has 5 nitrogen and oxygen atoms in total. The molecular formula is C22H27FN2O3S. The van der Waals surface area contributed by atoms with Gasteiger partial charge in [-0.2, -0.15) is 0 Å². The molecule has 0 saturated heterocycles. The number of likely N-dealkylation sites (N-methyl/N-ethyl adjacent to an activating group) is 1. The molecule has 0 aromatic heterocycles. The maximum absolute atomic E-state index is 13.2. The van der Waals surface area contributed by atoms with Crippen molar-refractivity contribution >= 4 is 23.6 Å². The molecule has 156 valence electrons. The van der Waals surface area contributed by atoms with Crippen molar-refractivity contribution in [2.45, 2.75) is 32.2 Å². The molecule has 0 saturated carbocycles. The molecule has 0 aliphatic heterocycles. The topological polar surface area (TPSA) is 58.6 Å². The maximum atomic E-state index is 13.2. The van der Waals surface area contributed by atoms with Crippen LogP contribution in [-0.2, 0) is 21.9 Å². The number of ether oxygens (including phenoxy) is 1. The summed E-state index contributed by atoms with van der Waals surface area (Å²) in [6.07, 6.45) is 0. The van der Waals surface area contributed by atoms with Gasteiger partial charge in [-0.1, -0.05) is 24.3 Å². The Morgan fingerprint density at radius 1 is 1.10 bits per heavy atom. The van der Waals surface area contributed by atoms with Crippen LogP contribution in [0.1, 0.15) is 25.0 Å². The van der Waals surface area contributed by atoms with Gasteiger partial charge < -0.3 is 15.0 Å². The second kappa shape index (κ2) is 11.5. The number of methoxy groups -OCH3 is 1. The lowest BCUT2D eigenvalue weighted by Gasteiger charge is -2.28. The lowest BCUT2D eigenvalue weighted by molar-refractivity contribution is -0.138. The Morgan fingerprint density at radius 2 is 1.72 bits per heavy atom. The standard InChI is InChI=1S/C22H27FN2O3S/c1-4-24-22(27)16(2)25(13-17-5-9-19(23)10-6-17)21(26)15-29-14-18-7-11-20(28-3)12-8-18/h5-12,16H,4,13-15H2,1-3H3,(H,24,27). The zero-order valence-electron chi connectivity index (χ0n) is 17.0. The minimum atomic E-state index is -0.617. The maximum Gasteiger partial charge on any atom is 0.242 e. The first-order chi connectivity index (χ1) is 13.9. The van der Waals surface area contributed by atoms with Crippen LogP contribution in [0.25, 0.3) is 0 Å². The van der Waals surface area contributed by atoms with Crippen molar-refractivity contribution in [3.8, 4) is 5.75 Å². The van der Waals surface area contributed by atoms with Crippen molar-refractivity contribution in [3.05, 3.63) is 65.5 Å². The molecule has 0 radical (unpaired) electrons. The van der Waals surface area contributed by atoms with E-state index in [0.29, 0.717) is 12.3 Å². The number of hydrogen-bond donors (Lipinski definition) is 1. The van der Waals surface area contributed by atoms with Gasteiger partial charge in [0.1, 0.15) is 17.6 Å². The van der Waals surface area contributed by atoms with Crippen molar-refractivity contribution in [2.75, 3.05) is 19.4 Å². The first-order valence-electron chi connectivity index (χ1n) is 9.47. The van der Waals surface area contributed by atoms with Gasteiger partial charge in [0.05, 0.1) is 12.9 Å². The van der Waals surface area contributed by atoms with Crippen LogP contribution in [-0.4, -0.2) is 42.2 Å². The van der Waals surface area contributed by atoms with E-state index in [9.17, 15) is 14.0 Å². The van der Waals surface area contributed by atoms with Gasteiger partial charge in [-0.15, -0.1) is 11.8 Å². The van der Waals surface area contributed by atoms with Crippen LogP contribution >= 0.6 is 11.8 Å². The highest BCUT2D eigenvalue weighted by Gasteiger charge is 2.25. The van der Waals surface area contributed by atoms with E-state index < -0.39 is 6.04 Å². The highest BCUT2D eigenvalue weighted by molar-refractivity contribution is 7.99. The number of halogens is 1. The number of amides is 2. The minimum Gasteiger partial charge on any atom is -0.497 e. The quantitative estimate of drug-likeness (QED) is 0.640. The average Bonchev–Trinajstić information content (AvgIpc) is 2.73. The Hall–Kier alpha value is -2.54. The number of benzene rings is 2. The minimum absolute atomic E-state index is 0.133. The summed E-state index contributed by atoms with van der Waals surface area (Å²) in [4.78, 5) is 26.7. The fourth-order valence-corrected chi connectivity index (χ4v) is 3.62. The number of carbonyl (C=O) groups is 2. The van der Waals surface area contributed by atoms with Gasteiger partial charge in [-0.25, -0.2) is 4.39 Å². The molecule has 2 amide bonds. The Bertz CT molecular complexity index is 797. The average molecular weight is 419 g/mol. The van der Waals surface area contributed by atoms with E-state index in [2.05, 4.69) is 5.32 Å². The van der Waals surface area contributed by atoms with Crippen LogP contribution in [0, 0.1) is 5.82 Å². The van der Waals surface area contributed by atoms with Gasteiger partial charge in [-0.3, -0.25) is 9.59 Å². The molecule has 7 heteroatoms. The third-order valence-electron chi connectivity index (χ3n) is 4.44. The largest absolute Gasteiger partial charge is 0.497 e. The van der Waals surface area contributed by atoms with Gasteiger partial charge in [0.15, 0.2) is 0 Å². The SMILES string of the molecule is CCNC(=O)C(C)N(Cc1ccc(F)cc1)C(=O)CSCc1ccc(OC)cc1. The number of thioether (sulfide) groups is 1. The van der Waals surface area contributed by atoms with E-state index in [1.54, 1.807) is 31.1 Å². The first-order valence-corrected chi connectivity index (χ1v) is 10.6. The summed E-state index contributed by atoms with van der Waals surface area (Å²) in [7, 11) is 1.62. The third-order valence-corrected chi connectivity index (χ3v) is 5.43. The van der Waals surface area contributed by atoms with Gasteiger partial charge in [0.25, 0.3) is 0 Å². The molecule has 0 aliphatic carbocycles. The molecule has 1 unspecified atom stereocenters. The van der Waals surface area contributed by atoms with Gasteiger partial charge in [-0.05, 0) is 49.2 Å². The Morgan fingerprint density at radius 3 is 2.31 bits per heavy atom. The summed E-state index contributed by atoms with van der Waals surface area (Å²) in [5.41, 5.74) is 1.86. The summed E-state index contributed by atoms with van der Waals surface area (Å²) in [5, 5.41) is 2.76. The summed E-state index contributed by atoms with van der Waals surface area (Å²) >= 11 is 1.49. The zero-order valence-corrected chi connectivity index (χ0v) is 17.8. The van der Waals surface area contributed by atoms with Crippen LogP contribution < -0.4 is 10.1 Å². The summed E-state index contributed by atoms with van der Waals surface area (Å²) in [6, 6.07) is 13.0. The molecule has 1 N–H and O–H groups in total. The highest BCUT2D eigenvalue weighted by Crippen LogP contribution is 2.18. The van der Waals surface area contributed by atoms with E-state index in [-0.39, 0.29) is 29.9 Å². The van der Waals surface area contributed by atoms with Gasteiger partial charge in [0, 0.05) is 18.8 Å². The number of hydrogen-bond acceptors (Lipinski definition) is 4. The highest BCUT2D eigenvalue weighted by atomic mass is 32.2. The normalized spacial score (nSPS) is 11.6. The Labute approximate surface area is 175 Å². The second-order valence-electron chi connectivity index (χ2n) is 6.56. The zero-order chi connectivity index (χ0) is 21.2. The Balaban J connectivity index is 2.02. The number of rotatable bonds is 10. The Kier molecular flexibility index (Phi) is 8.99. The van der Waals surface area contributed by atoms with Crippen LogP contribution in [0.3, 0.4) is 0 Å². The van der Waals surface area contributed by atoms with E-state index >= 15 is 0 Å². The smallest absolute Gasteiger partial charge is 0.242 e. The molecule has 0 bridgehead atoms. The van der Waals surface area contributed by atoms with E-state index in [4.69, 9.17) is 4.74 Å². The van der Waals surface area contributed by atoms with Crippen LogP contribution in [0.2, 0.25) is 0 Å². The van der Waals surface area contributed by atoms with Crippen LogP contribution in [0.5, 0.6) is 5.75 Å². The van der Waals surface area contributed by atoms with Crippen molar-refractivity contribution in [1.82, 2.24) is 10.2 Å². The molecule has 1 atom stereocenters. The fraction of sp³-hybridized carbons (Fsp3) is 0.364. The van der Waals surface area contributed by atoms with Crippen LogP contribution in [0.15, 0.2) is 48.5 Å². The monoisotopic (exact) mass is 418 g/mol. The summed E-state index contributed by atoms with van der Waals surface area (Å²) < 4.78 is 18.3. The van der Waals surface area contributed by atoms with Gasteiger partial charge >= 0.3 is 0 Å². The molecule has 0 aliphatic rings. The van der Waals surface area contributed by atoms with E-state index in [0.717, 1.165) is 16.9 Å². The molecule has 2 rings (SSSR count). The summed E-state index contributed by atoms with van der Waals surface area (Å²) in [5.74, 6) is 1.04. The van der Waals surface area contributed by atoms with E-state index in [1.165, 1.54) is 23.9 Å². The number of nitrogens with zero attached hydrogens (tertiary/aromatic N) is 1. The first kappa shape index (κ1) is 22.7.